The number of benzene rings is 3. The van der Waals surface area contributed by atoms with E-state index in [4.69, 9.17) is 28.2 Å². The van der Waals surface area contributed by atoms with Crippen molar-refractivity contribution in [3.63, 3.8) is 0 Å². The lowest BCUT2D eigenvalue weighted by molar-refractivity contribution is -0.128. The zero-order valence-corrected chi connectivity index (χ0v) is 20.1. The molecule has 1 aliphatic rings. The summed E-state index contributed by atoms with van der Waals surface area (Å²) in [5.41, 5.74) is 3.20. The van der Waals surface area contributed by atoms with E-state index >= 15 is 0 Å². The molecule has 1 N–H and O–H groups in total. The molecule has 1 saturated heterocycles. The molecule has 33 heavy (non-hydrogen) atoms. The molecule has 0 spiro atoms. The van der Waals surface area contributed by atoms with Crippen molar-refractivity contribution in [1.82, 2.24) is 4.90 Å². The summed E-state index contributed by atoms with van der Waals surface area (Å²) in [6, 6.07) is 22.5. The summed E-state index contributed by atoms with van der Waals surface area (Å²) in [5, 5.41) is 3.37. The average Bonchev–Trinajstić information content (AvgIpc) is 3.08. The van der Waals surface area contributed by atoms with Crippen molar-refractivity contribution >= 4 is 63.3 Å². The maximum absolute atomic E-state index is 13.3. The number of anilines is 1. The van der Waals surface area contributed by atoms with Gasteiger partial charge in [-0.05, 0) is 36.2 Å². The molecular weight excluding hydrogens is 477 g/mol. The van der Waals surface area contributed by atoms with E-state index in [1.165, 1.54) is 11.8 Å². The van der Waals surface area contributed by atoms with E-state index in [-0.39, 0.29) is 23.3 Å². The maximum atomic E-state index is 13.3. The number of thioether (sulfide) groups is 1. The number of amidine groups is 1. The van der Waals surface area contributed by atoms with Crippen LogP contribution in [0, 0.1) is 6.92 Å². The second-order valence-corrected chi connectivity index (χ2v) is 9.51. The first-order valence-electron chi connectivity index (χ1n) is 10.3. The topological polar surface area (TPSA) is 61.8 Å². The molecule has 1 atom stereocenters. The largest absolute Gasteiger partial charge is 0.325 e. The van der Waals surface area contributed by atoms with Gasteiger partial charge in [-0.2, -0.15) is 0 Å². The monoisotopic (exact) mass is 497 g/mol. The van der Waals surface area contributed by atoms with Gasteiger partial charge in [-0.3, -0.25) is 14.5 Å². The summed E-state index contributed by atoms with van der Waals surface area (Å²) >= 11 is 13.5. The Morgan fingerprint density at radius 3 is 2.52 bits per heavy atom. The molecule has 1 heterocycles. The van der Waals surface area contributed by atoms with Crippen LogP contribution in [-0.4, -0.2) is 27.1 Å². The van der Waals surface area contributed by atoms with Crippen molar-refractivity contribution in [2.24, 2.45) is 4.99 Å². The second kappa shape index (κ2) is 10.4. The Kier molecular flexibility index (Phi) is 7.38. The first-order chi connectivity index (χ1) is 15.9. The lowest BCUT2D eigenvalue weighted by Crippen LogP contribution is -2.33. The van der Waals surface area contributed by atoms with Gasteiger partial charge in [-0.1, -0.05) is 89.6 Å². The van der Waals surface area contributed by atoms with E-state index in [1.807, 2.05) is 61.5 Å². The molecule has 2 amide bonds. The van der Waals surface area contributed by atoms with E-state index in [9.17, 15) is 9.59 Å². The van der Waals surface area contributed by atoms with Crippen molar-refractivity contribution in [1.29, 1.82) is 0 Å². The molecule has 168 valence electrons. The minimum atomic E-state index is -0.588. The van der Waals surface area contributed by atoms with Gasteiger partial charge < -0.3 is 5.32 Å². The van der Waals surface area contributed by atoms with Crippen molar-refractivity contribution in [2.45, 2.75) is 25.1 Å². The molecule has 0 bridgehead atoms. The van der Waals surface area contributed by atoms with Crippen molar-refractivity contribution in [3.05, 3.63) is 94.0 Å². The fourth-order valence-electron chi connectivity index (χ4n) is 3.40. The zero-order chi connectivity index (χ0) is 23.4. The highest BCUT2D eigenvalue weighted by atomic mass is 35.5. The molecule has 3 aromatic carbocycles. The van der Waals surface area contributed by atoms with Crippen LogP contribution in [0.5, 0.6) is 0 Å². The third-order valence-electron chi connectivity index (χ3n) is 5.13. The lowest BCUT2D eigenvalue weighted by Gasteiger charge is -2.17. The summed E-state index contributed by atoms with van der Waals surface area (Å²) in [6.45, 7) is 2.36. The molecule has 0 saturated carbocycles. The summed E-state index contributed by atoms with van der Waals surface area (Å²) < 4.78 is 0. The SMILES string of the molecule is Cc1ccccc1N=C1SC(CC(=O)Nc2cccc(Cl)c2Cl)C(=O)N1Cc1ccccc1. The number of hydrogen-bond acceptors (Lipinski definition) is 4. The van der Waals surface area contributed by atoms with Gasteiger partial charge in [0.1, 0.15) is 5.25 Å². The smallest absolute Gasteiger partial charge is 0.242 e. The van der Waals surface area contributed by atoms with E-state index in [0.29, 0.717) is 22.4 Å². The maximum Gasteiger partial charge on any atom is 0.242 e. The Labute approximate surface area is 206 Å². The van der Waals surface area contributed by atoms with Gasteiger partial charge in [0.15, 0.2) is 5.17 Å². The minimum Gasteiger partial charge on any atom is -0.325 e. The fourth-order valence-corrected chi connectivity index (χ4v) is 4.90. The highest BCUT2D eigenvalue weighted by Crippen LogP contribution is 2.34. The number of carbonyl (C=O) groups excluding carboxylic acids is 2. The van der Waals surface area contributed by atoms with Gasteiger partial charge in [0.2, 0.25) is 11.8 Å². The van der Waals surface area contributed by atoms with Crippen LogP contribution < -0.4 is 5.32 Å². The Bertz CT molecular complexity index is 1220. The molecule has 0 radical (unpaired) electrons. The third kappa shape index (κ3) is 5.58. The number of rotatable bonds is 6. The zero-order valence-electron chi connectivity index (χ0n) is 17.8. The second-order valence-electron chi connectivity index (χ2n) is 7.55. The summed E-state index contributed by atoms with van der Waals surface area (Å²) in [6.07, 6.45) is -0.00950. The molecule has 4 rings (SSSR count). The summed E-state index contributed by atoms with van der Waals surface area (Å²) in [7, 11) is 0. The third-order valence-corrected chi connectivity index (χ3v) is 7.13. The average molecular weight is 498 g/mol. The molecule has 3 aromatic rings. The van der Waals surface area contributed by atoms with Crippen molar-refractivity contribution in [2.75, 3.05) is 5.32 Å². The van der Waals surface area contributed by atoms with Crippen LogP contribution in [0.3, 0.4) is 0 Å². The minimum absolute atomic E-state index is 0.00950. The van der Waals surface area contributed by atoms with Crippen LogP contribution >= 0.6 is 35.0 Å². The number of para-hydroxylation sites is 1. The van der Waals surface area contributed by atoms with Gasteiger partial charge in [0.25, 0.3) is 0 Å². The Balaban J connectivity index is 1.56. The Morgan fingerprint density at radius 1 is 1.03 bits per heavy atom. The first kappa shape index (κ1) is 23.4. The quantitative estimate of drug-likeness (QED) is 0.424. The van der Waals surface area contributed by atoms with Gasteiger partial charge in [-0.25, -0.2) is 4.99 Å². The Hall–Kier alpha value is -2.80. The molecule has 1 unspecified atom stereocenters. The Morgan fingerprint density at radius 2 is 1.76 bits per heavy atom. The summed E-state index contributed by atoms with van der Waals surface area (Å²) in [5.74, 6) is -0.467. The van der Waals surface area contributed by atoms with Crippen LogP contribution in [0.15, 0.2) is 77.8 Å². The number of amides is 2. The van der Waals surface area contributed by atoms with Crippen LogP contribution in [0.25, 0.3) is 0 Å². The molecular formula is C25H21Cl2N3O2S. The normalized spacial score (nSPS) is 16.9. The van der Waals surface area contributed by atoms with E-state index in [2.05, 4.69) is 5.32 Å². The lowest BCUT2D eigenvalue weighted by atomic mass is 10.2. The van der Waals surface area contributed by atoms with Crippen molar-refractivity contribution in [3.8, 4) is 0 Å². The van der Waals surface area contributed by atoms with Crippen LogP contribution in [0.1, 0.15) is 17.5 Å². The van der Waals surface area contributed by atoms with Gasteiger partial charge in [0.05, 0.1) is 28.0 Å². The number of aliphatic imine (C=N–C) groups is 1. The van der Waals surface area contributed by atoms with E-state index < -0.39 is 5.25 Å². The number of carbonyl (C=O) groups is 2. The van der Waals surface area contributed by atoms with Crippen LogP contribution in [0.4, 0.5) is 11.4 Å². The van der Waals surface area contributed by atoms with E-state index in [1.54, 1.807) is 23.1 Å². The highest BCUT2D eigenvalue weighted by molar-refractivity contribution is 8.15. The molecule has 1 aliphatic heterocycles. The van der Waals surface area contributed by atoms with Gasteiger partial charge in [-0.15, -0.1) is 0 Å². The molecule has 8 heteroatoms. The van der Waals surface area contributed by atoms with Crippen LogP contribution in [0.2, 0.25) is 10.0 Å². The molecule has 5 nitrogen and oxygen atoms in total. The highest BCUT2D eigenvalue weighted by Gasteiger charge is 2.39. The molecule has 1 fully saturated rings. The van der Waals surface area contributed by atoms with Gasteiger partial charge >= 0.3 is 0 Å². The van der Waals surface area contributed by atoms with Gasteiger partial charge in [0, 0.05) is 6.42 Å². The number of hydrogen-bond donors (Lipinski definition) is 1. The fraction of sp³-hybridized carbons (Fsp3) is 0.160. The predicted octanol–water partition coefficient (Wildman–Crippen LogP) is 6.46. The number of aryl methyl sites for hydroxylation is 1. The molecule has 0 aromatic heterocycles. The standard InChI is InChI=1S/C25H21Cl2N3O2S/c1-16-8-5-6-12-19(16)29-25-30(15-17-9-3-2-4-10-17)24(32)21(33-25)14-22(31)28-20-13-7-11-18(26)23(20)27/h2-13,21H,14-15H2,1H3,(H,28,31). The summed E-state index contributed by atoms with van der Waals surface area (Å²) in [4.78, 5) is 32.4. The predicted molar refractivity (Wildman–Crippen MR) is 136 cm³/mol. The number of nitrogens with zero attached hydrogens (tertiary/aromatic N) is 2. The van der Waals surface area contributed by atoms with Crippen molar-refractivity contribution < 1.29 is 9.59 Å². The number of nitrogens with one attached hydrogen (secondary N) is 1. The number of halogens is 2. The van der Waals surface area contributed by atoms with Crippen LogP contribution in [-0.2, 0) is 16.1 Å². The first-order valence-corrected chi connectivity index (χ1v) is 12.0. The van der Waals surface area contributed by atoms with E-state index in [0.717, 1.165) is 16.8 Å². The molecule has 0 aliphatic carbocycles.